The first-order valence-electron chi connectivity index (χ1n) is 7.92. The van der Waals surface area contributed by atoms with Crippen LogP contribution in [0.4, 0.5) is 4.39 Å². The molecule has 0 aliphatic carbocycles. The maximum absolute atomic E-state index is 13.7. The van der Waals surface area contributed by atoms with Crippen LogP contribution < -0.4 is 4.74 Å². The molecule has 0 saturated carbocycles. The third kappa shape index (κ3) is 4.27. The van der Waals surface area contributed by atoms with Gasteiger partial charge < -0.3 is 4.74 Å². The second kappa shape index (κ2) is 7.53. The zero-order chi connectivity index (χ0) is 16.1. The molecule has 2 aromatic rings. The van der Waals surface area contributed by atoms with Gasteiger partial charge in [-0.05, 0) is 12.1 Å². The number of piperazine rings is 1. The highest BCUT2D eigenvalue weighted by molar-refractivity contribution is 5.17. The second-order valence-corrected chi connectivity index (χ2v) is 5.81. The van der Waals surface area contributed by atoms with Gasteiger partial charge in [0.05, 0.1) is 12.8 Å². The van der Waals surface area contributed by atoms with Gasteiger partial charge in [-0.3, -0.25) is 9.80 Å². The molecule has 3 rings (SSSR count). The first-order chi connectivity index (χ1) is 11.2. The van der Waals surface area contributed by atoms with Crippen molar-refractivity contribution < 1.29 is 9.13 Å². The lowest BCUT2D eigenvalue weighted by atomic mass is 10.2. The number of benzene rings is 1. The Morgan fingerprint density at radius 2 is 1.65 bits per heavy atom. The van der Waals surface area contributed by atoms with Gasteiger partial charge >= 0.3 is 0 Å². The average Bonchev–Trinajstić information content (AvgIpc) is 2.59. The van der Waals surface area contributed by atoms with E-state index in [1.807, 2.05) is 30.3 Å². The summed E-state index contributed by atoms with van der Waals surface area (Å²) in [6.45, 7) is 5.32. The van der Waals surface area contributed by atoms with Crippen LogP contribution in [0.15, 0.2) is 42.5 Å². The van der Waals surface area contributed by atoms with Gasteiger partial charge in [-0.1, -0.05) is 24.3 Å². The van der Waals surface area contributed by atoms with Crippen molar-refractivity contribution in [1.29, 1.82) is 0 Å². The molecule has 1 aromatic heterocycles. The molecule has 1 aliphatic rings. The largest absolute Gasteiger partial charge is 0.481 e. The number of pyridine rings is 1. The minimum Gasteiger partial charge on any atom is -0.481 e. The molecule has 0 unspecified atom stereocenters. The molecule has 1 aliphatic heterocycles. The lowest BCUT2D eigenvalue weighted by molar-refractivity contribution is 0.120. The van der Waals surface area contributed by atoms with Crippen molar-refractivity contribution in [3.63, 3.8) is 0 Å². The summed E-state index contributed by atoms with van der Waals surface area (Å²) in [7, 11) is 1.63. The van der Waals surface area contributed by atoms with E-state index in [2.05, 4.69) is 14.8 Å². The minimum atomic E-state index is -0.115. The Hall–Kier alpha value is -1.98. The number of nitrogens with zero attached hydrogens (tertiary/aromatic N) is 3. The molecule has 0 atom stereocenters. The fourth-order valence-corrected chi connectivity index (χ4v) is 2.86. The van der Waals surface area contributed by atoms with Gasteiger partial charge in [0.2, 0.25) is 5.88 Å². The van der Waals surface area contributed by atoms with Crippen LogP contribution in [0.3, 0.4) is 0 Å². The molecule has 1 fully saturated rings. The van der Waals surface area contributed by atoms with Crippen LogP contribution in [-0.2, 0) is 13.1 Å². The number of methoxy groups -OCH3 is 1. The highest BCUT2D eigenvalue weighted by atomic mass is 19.1. The summed E-state index contributed by atoms with van der Waals surface area (Å²) >= 11 is 0. The molecule has 4 nitrogen and oxygen atoms in total. The van der Waals surface area contributed by atoms with Gasteiger partial charge in [-0.15, -0.1) is 0 Å². The lowest BCUT2D eigenvalue weighted by Gasteiger charge is -2.34. The zero-order valence-corrected chi connectivity index (χ0v) is 13.4. The average molecular weight is 315 g/mol. The SMILES string of the molecule is COc1cccc(CN2CCN(Cc3ccccc3F)CC2)n1. The Morgan fingerprint density at radius 3 is 2.35 bits per heavy atom. The smallest absolute Gasteiger partial charge is 0.213 e. The first kappa shape index (κ1) is 15.9. The van der Waals surface area contributed by atoms with Gasteiger partial charge in [0.1, 0.15) is 5.82 Å². The maximum atomic E-state index is 13.7. The summed E-state index contributed by atoms with van der Waals surface area (Å²) in [6, 6.07) is 12.9. The van der Waals surface area contributed by atoms with E-state index in [4.69, 9.17) is 4.74 Å². The predicted octanol–water partition coefficient (Wildman–Crippen LogP) is 2.55. The molecule has 2 heterocycles. The molecule has 0 bridgehead atoms. The number of rotatable bonds is 5. The van der Waals surface area contributed by atoms with Gasteiger partial charge in [-0.25, -0.2) is 9.37 Å². The van der Waals surface area contributed by atoms with E-state index in [-0.39, 0.29) is 5.82 Å². The monoisotopic (exact) mass is 315 g/mol. The van der Waals surface area contributed by atoms with Crippen LogP contribution in [0.5, 0.6) is 5.88 Å². The molecule has 23 heavy (non-hydrogen) atoms. The third-order valence-electron chi connectivity index (χ3n) is 4.19. The highest BCUT2D eigenvalue weighted by Crippen LogP contribution is 2.14. The van der Waals surface area contributed by atoms with E-state index >= 15 is 0 Å². The summed E-state index contributed by atoms with van der Waals surface area (Å²) in [5.74, 6) is 0.538. The number of hydrogen-bond acceptors (Lipinski definition) is 4. The second-order valence-electron chi connectivity index (χ2n) is 5.81. The maximum Gasteiger partial charge on any atom is 0.213 e. The fraction of sp³-hybridized carbons (Fsp3) is 0.389. The summed E-state index contributed by atoms with van der Waals surface area (Å²) < 4.78 is 18.9. The Kier molecular flexibility index (Phi) is 5.20. The van der Waals surface area contributed by atoms with E-state index in [1.54, 1.807) is 13.2 Å². The molecule has 0 spiro atoms. The molecular formula is C18H22FN3O. The van der Waals surface area contributed by atoms with Crippen molar-refractivity contribution in [3.05, 3.63) is 59.5 Å². The standard InChI is InChI=1S/C18H22FN3O/c1-23-18-8-4-6-16(20-18)14-22-11-9-21(10-12-22)13-15-5-2-3-7-17(15)19/h2-8H,9-14H2,1H3. The summed E-state index contributed by atoms with van der Waals surface area (Å²) in [5.41, 5.74) is 1.79. The molecule has 0 radical (unpaired) electrons. The van der Waals surface area contributed by atoms with Crippen LogP contribution in [0.25, 0.3) is 0 Å². The number of halogens is 1. The van der Waals surface area contributed by atoms with Crippen molar-refractivity contribution in [2.24, 2.45) is 0 Å². The van der Waals surface area contributed by atoms with Gasteiger partial charge in [-0.2, -0.15) is 0 Å². The van der Waals surface area contributed by atoms with E-state index in [0.29, 0.717) is 12.4 Å². The molecule has 5 heteroatoms. The van der Waals surface area contributed by atoms with Crippen LogP contribution in [-0.4, -0.2) is 48.1 Å². The Labute approximate surface area is 136 Å². The molecule has 1 aromatic carbocycles. The third-order valence-corrected chi connectivity index (χ3v) is 4.19. The molecular weight excluding hydrogens is 293 g/mol. The van der Waals surface area contributed by atoms with Crippen molar-refractivity contribution in [2.45, 2.75) is 13.1 Å². The van der Waals surface area contributed by atoms with Crippen molar-refractivity contribution in [1.82, 2.24) is 14.8 Å². The highest BCUT2D eigenvalue weighted by Gasteiger charge is 2.18. The summed E-state index contributed by atoms with van der Waals surface area (Å²) in [4.78, 5) is 9.13. The topological polar surface area (TPSA) is 28.6 Å². The fourth-order valence-electron chi connectivity index (χ4n) is 2.86. The number of ether oxygens (including phenoxy) is 1. The number of aromatic nitrogens is 1. The molecule has 0 amide bonds. The summed E-state index contributed by atoms with van der Waals surface area (Å²) in [5, 5.41) is 0. The van der Waals surface area contributed by atoms with Crippen LogP contribution in [0.2, 0.25) is 0 Å². The summed E-state index contributed by atoms with van der Waals surface area (Å²) in [6.07, 6.45) is 0. The molecule has 122 valence electrons. The minimum absolute atomic E-state index is 0.115. The quantitative estimate of drug-likeness (QED) is 0.848. The van der Waals surface area contributed by atoms with E-state index in [0.717, 1.165) is 44.0 Å². The Balaban J connectivity index is 1.51. The van der Waals surface area contributed by atoms with Gasteiger partial charge in [0.15, 0.2) is 0 Å². The molecule has 1 saturated heterocycles. The van der Waals surface area contributed by atoms with Crippen LogP contribution in [0.1, 0.15) is 11.3 Å². The Morgan fingerprint density at radius 1 is 0.957 bits per heavy atom. The van der Waals surface area contributed by atoms with Crippen molar-refractivity contribution >= 4 is 0 Å². The van der Waals surface area contributed by atoms with E-state index < -0.39 is 0 Å². The van der Waals surface area contributed by atoms with E-state index in [1.165, 1.54) is 6.07 Å². The van der Waals surface area contributed by atoms with Crippen LogP contribution >= 0.6 is 0 Å². The zero-order valence-electron chi connectivity index (χ0n) is 13.4. The van der Waals surface area contributed by atoms with Crippen molar-refractivity contribution in [3.8, 4) is 5.88 Å². The number of hydrogen-bond donors (Lipinski definition) is 0. The predicted molar refractivity (Wildman–Crippen MR) is 87.7 cm³/mol. The molecule has 0 N–H and O–H groups in total. The lowest BCUT2D eigenvalue weighted by Crippen LogP contribution is -2.45. The first-order valence-corrected chi connectivity index (χ1v) is 7.92. The Bertz CT molecular complexity index is 642. The van der Waals surface area contributed by atoms with E-state index in [9.17, 15) is 4.39 Å². The van der Waals surface area contributed by atoms with Gasteiger partial charge in [0, 0.05) is 50.9 Å². The van der Waals surface area contributed by atoms with Crippen LogP contribution in [0, 0.1) is 5.82 Å². The normalized spacial score (nSPS) is 16.4. The van der Waals surface area contributed by atoms with Crippen molar-refractivity contribution in [2.75, 3.05) is 33.3 Å². The van der Waals surface area contributed by atoms with Gasteiger partial charge in [0.25, 0.3) is 0 Å².